The van der Waals surface area contributed by atoms with Crippen molar-refractivity contribution in [3.05, 3.63) is 42.2 Å². The van der Waals surface area contributed by atoms with Crippen molar-refractivity contribution in [2.24, 2.45) is 13.0 Å². The van der Waals surface area contributed by atoms with Crippen LogP contribution in [0.5, 0.6) is 5.75 Å². The summed E-state index contributed by atoms with van der Waals surface area (Å²) in [5, 5.41) is 6.92. The molecule has 0 saturated carbocycles. The molecule has 1 heterocycles. The van der Waals surface area contributed by atoms with Crippen molar-refractivity contribution in [3.63, 3.8) is 0 Å². The lowest BCUT2D eigenvalue weighted by Crippen LogP contribution is -2.14. The molecule has 0 atom stereocenters. The number of rotatable bonds is 7. The highest BCUT2D eigenvalue weighted by atomic mass is 16.5. The number of aromatic nitrogens is 2. The van der Waals surface area contributed by atoms with Crippen molar-refractivity contribution in [2.45, 2.75) is 26.7 Å². The largest absolute Gasteiger partial charge is 0.494 e. The normalized spacial score (nSPS) is 10.7. The molecular formula is C17H23N3O2. The maximum atomic E-state index is 11.9. The molecule has 0 bridgehead atoms. The molecule has 5 nitrogen and oxygen atoms in total. The minimum absolute atomic E-state index is 0.0542. The number of nitrogens with one attached hydrogen (secondary N) is 1. The molecule has 1 amide bonds. The van der Waals surface area contributed by atoms with Crippen LogP contribution >= 0.6 is 0 Å². The van der Waals surface area contributed by atoms with Crippen LogP contribution in [0.3, 0.4) is 0 Å². The van der Waals surface area contributed by atoms with Crippen molar-refractivity contribution >= 4 is 11.6 Å². The van der Waals surface area contributed by atoms with E-state index in [0.717, 1.165) is 23.4 Å². The number of carbonyl (C=O) groups excluding carboxylic acids is 1. The van der Waals surface area contributed by atoms with Gasteiger partial charge in [0.15, 0.2) is 0 Å². The molecule has 118 valence electrons. The second-order valence-electron chi connectivity index (χ2n) is 5.80. The lowest BCUT2D eigenvalue weighted by Gasteiger charge is -2.09. The van der Waals surface area contributed by atoms with E-state index in [1.165, 1.54) is 0 Å². The Morgan fingerprint density at radius 2 is 2.05 bits per heavy atom. The van der Waals surface area contributed by atoms with E-state index in [0.29, 0.717) is 18.9 Å². The Balaban J connectivity index is 1.81. The molecule has 2 rings (SSSR count). The number of nitrogens with zero attached hydrogens (tertiary/aromatic N) is 2. The number of anilines is 1. The van der Waals surface area contributed by atoms with Gasteiger partial charge in [-0.25, -0.2) is 0 Å². The van der Waals surface area contributed by atoms with Gasteiger partial charge >= 0.3 is 0 Å². The van der Waals surface area contributed by atoms with Gasteiger partial charge in [-0.3, -0.25) is 9.48 Å². The molecular weight excluding hydrogens is 278 g/mol. The van der Waals surface area contributed by atoms with Crippen LogP contribution in [-0.2, 0) is 18.3 Å². The predicted molar refractivity (Wildman–Crippen MR) is 86.9 cm³/mol. The van der Waals surface area contributed by atoms with Gasteiger partial charge in [0.2, 0.25) is 5.91 Å². The van der Waals surface area contributed by atoms with Gasteiger partial charge in [-0.1, -0.05) is 13.8 Å². The van der Waals surface area contributed by atoms with Gasteiger partial charge in [-0.2, -0.15) is 5.10 Å². The molecule has 0 saturated heterocycles. The Morgan fingerprint density at radius 3 is 2.64 bits per heavy atom. The van der Waals surface area contributed by atoms with E-state index in [9.17, 15) is 4.79 Å². The van der Waals surface area contributed by atoms with Crippen LogP contribution in [0.4, 0.5) is 5.69 Å². The van der Waals surface area contributed by atoms with Crippen molar-refractivity contribution in [1.82, 2.24) is 9.78 Å². The highest BCUT2D eigenvalue weighted by Crippen LogP contribution is 2.16. The Hall–Kier alpha value is -2.30. The first kappa shape index (κ1) is 16.1. The molecule has 22 heavy (non-hydrogen) atoms. The molecule has 1 N–H and O–H groups in total. The second kappa shape index (κ2) is 7.64. The van der Waals surface area contributed by atoms with Crippen LogP contribution in [0.25, 0.3) is 0 Å². The van der Waals surface area contributed by atoms with Crippen LogP contribution in [0.1, 0.15) is 25.8 Å². The van der Waals surface area contributed by atoms with E-state index in [2.05, 4.69) is 24.3 Å². The van der Waals surface area contributed by atoms with Gasteiger partial charge in [0.05, 0.1) is 19.2 Å². The fourth-order valence-electron chi connectivity index (χ4n) is 2.00. The Kier molecular flexibility index (Phi) is 5.58. The summed E-state index contributed by atoms with van der Waals surface area (Å²) in [4.78, 5) is 11.9. The summed E-state index contributed by atoms with van der Waals surface area (Å²) in [6.45, 7) is 5.05. The lowest BCUT2D eigenvalue weighted by molar-refractivity contribution is -0.115. The molecule has 0 aliphatic carbocycles. The number of ether oxygens (including phenoxy) is 1. The number of carbonyl (C=O) groups is 1. The molecule has 0 unspecified atom stereocenters. The first-order valence-electron chi connectivity index (χ1n) is 7.53. The quantitative estimate of drug-likeness (QED) is 0.855. The van der Waals surface area contributed by atoms with E-state index in [1.807, 2.05) is 37.5 Å². The molecule has 0 radical (unpaired) electrons. The number of hydrogen-bond donors (Lipinski definition) is 1. The van der Waals surface area contributed by atoms with Crippen molar-refractivity contribution in [1.29, 1.82) is 0 Å². The van der Waals surface area contributed by atoms with E-state index < -0.39 is 0 Å². The summed E-state index contributed by atoms with van der Waals surface area (Å²) >= 11 is 0. The lowest BCUT2D eigenvalue weighted by atomic mass is 10.1. The average Bonchev–Trinajstić information content (AvgIpc) is 2.85. The standard InChI is InChI=1S/C17H23N3O2/c1-13(2)8-9-22-16-6-4-15(5-7-16)19-17(21)10-14-11-18-20(3)12-14/h4-7,11-13H,8-10H2,1-3H3,(H,19,21). The molecule has 5 heteroatoms. The molecule has 2 aromatic rings. The third-order valence-corrected chi connectivity index (χ3v) is 3.23. The SMILES string of the molecule is CC(C)CCOc1ccc(NC(=O)Cc2cnn(C)c2)cc1. The Labute approximate surface area is 131 Å². The summed E-state index contributed by atoms with van der Waals surface area (Å²) in [5.74, 6) is 1.40. The van der Waals surface area contributed by atoms with E-state index in [-0.39, 0.29) is 5.91 Å². The third kappa shape index (κ3) is 5.24. The number of amides is 1. The molecule has 0 fully saturated rings. The Bertz CT molecular complexity index is 603. The summed E-state index contributed by atoms with van der Waals surface area (Å²) in [6, 6.07) is 7.46. The van der Waals surface area contributed by atoms with Crippen LogP contribution in [0.2, 0.25) is 0 Å². The Morgan fingerprint density at radius 1 is 1.32 bits per heavy atom. The van der Waals surface area contributed by atoms with E-state index in [4.69, 9.17) is 4.74 Å². The molecule has 1 aromatic heterocycles. The zero-order valence-electron chi connectivity index (χ0n) is 13.4. The highest BCUT2D eigenvalue weighted by Gasteiger charge is 2.06. The second-order valence-corrected chi connectivity index (χ2v) is 5.80. The summed E-state index contributed by atoms with van der Waals surface area (Å²) in [7, 11) is 1.83. The van der Waals surface area contributed by atoms with Crippen molar-refractivity contribution < 1.29 is 9.53 Å². The van der Waals surface area contributed by atoms with Crippen LogP contribution < -0.4 is 10.1 Å². The number of benzene rings is 1. The fourth-order valence-corrected chi connectivity index (χ4v) is 2.00. The smallest absolute Gasteiger partial charge is 0.228 e. The summed E-state index contributed by atoms with van der Waals surface area (Å²) in [6.07, 6.45) is 4.89. The first-order valence-corrected chi connectivity index (χ1v) is 7.53. The van der Waals surface area contributed by atoms with Crippen molar-refractivity contribution in [3.8, 4) is 5.75 Å². The van der Waals surface area contributed by atoms with Gasteiger partial charge in [0.1, 0.15) is 5.75 Å². The van der Waals surface area contributed by atoms with E-state index >= 15 is 0 Å². The average molecular weight is 301 g/mol. The van der Waals surface area contributed by atoms with Crippen LogP contribution in [-0.4, -0.2) is 22.3 Å². The zero-order valence-corrected chi connectivity index (χ0v) is 13.4. The monoisotopic (exact) mass is 301 g/mol. The maximum Gasteiger partial charge on any atom is 0.228 e. The van der Waals surface area contributed by atoms with Crippen molar-refractivity contribution in [2.75, 3.05) is 11.9 Å². The minimum atomic E-state index is -0.0542. The van der Waals surface area contributed by atoms with Crippen LogP contribution in [0, 0.1) is 5.92 Å². The van der Waals surface area contributed by atoms with E-state index in [1.54, 1.807) is 10.9 Å². The minimum Gasteiger partial charge on any atom is -0.494 e. The predicted octanol–water partition coefficient (Wildman–Crippen LogP) is 3.03. The van der Waals surface area contributed by atoms with Gasteiger partial charge in [0.25, 0.3) is 0 Å². The molecule has 0 aliphatic heterocycles. The third-order valence-electron chi connectivity index (χ3n) is 3.23. The molecule has 0 spiro atoms. The zero-order chi connectivity index (χ0) is 15.9. The van der Waals surface area contributed by atoms with Crippen LogP contribution in [0.15, 0.2) is 36.7 Å². The summed E-state index contributed by atoms with van der Waals surface area (Å²) < 4.78 is 7.34. The fraction of sp³-hybridized carbons (Fsp3) is 0.412. The molecule has 1 aromatic carbocycles. The maximum absolute atomic E-state index is 11.9. The first-order chi connectivity index (χ1) is 10.5. The van der Waals surface area contributed by atoms with Gasteiger partial charge < -0.3 is 10.1 Å². The van der Waals surface area contributed by atoms with Gasteiger partial charge in [0, 0.05) is 18.9 Å². The number of aryl methyl sites for hydroxylation is 1. The number of hydrogen-bond acceptors (Lipinski definition) is 3. The van der Waals surface area contributed by atoms with Gasteiger partial charge in [-0.05, 0) is 42.2 Å². The topological polar surface area (TPSA) is 56.1 Å². The molecule has 0 aliphatic rings. The highest BCUT2D eigenvalue weighted by molar-refractivity contribution is 5.92. The summed E-state index contributed by atoms with van der Waals surface area (Å²) in [5.41, 5.74) is 1.67. The van der Waals surface area contributed by atoms with Gasteiger partial charge in [-0.15, -0.1) is 0 Å².